The number of ether oxygens (including phenoxy) is 1. The van der Waals surface area contributed by atoms with Gasteiger partial charge in [-0.25, -0.2) is 4.98 Å². The van der Waals surface area contributed by atoms with Crippen LogP contribution in [0.5, 0.6) is 0 Å². The molecule has 1 amide bonds. The van der Waals surface area contributed by atoms with Gasteiger partial charge in [-0.2, -0.15) is 11.8 Å². The van der Waals surface area contributed by atoms with E-state index in [-0.39, 0.29) is 11.9 Å². The number of fused-ring (bicyclic) bond motifs is 2. The van der Waals surface area contributed by atoms with Crippen LogP contribution in [-0.4, -0.2) is 46.2 Å². The van der Waals surface area contributed by atoms with Crippen LogP contribution in [-0.2, 0) is 11.3 Å². The normalized spacial score (nSPS) is 12.5. The highest BCUT2D eigenvalue weighted by Crippen LogP contribution is 2.24. The van der Waals surface area contributed by atoms with Gasteiger partial charge in [-0.1, -0.05) is 18.2 Å². The van der Waals surface area contributed by atoms with Gasteiger partial charge in [0.05, 0.1) is 23.7 Å². The highest BCUT2D eigenvalue weighted by molar-refractivity contribution is 7.98. The third kappa shape index (κ3) is 4.22. The summed E-state index contributed by atoms with van der Waals surface area (Å²) in [5, 5.41) is 4.15. The molecule has 0 aliphatic heterocycles. The van der Waals surface area contributed by atoms with Crippen molar-refractivity contribution in [2.24, 2.45) is 0 Å². The van der Waals surface area contributed by atoms with Crippen LogP contribution in [0.15, 0.2) is 54.7 Å². The fourth-order valence-electron chi connectivity index (χ4n) is 3.69. The predicted octanol–water partition coefficient (Wildman–Crippen LogP) is 4.39. The summed E-state index contributed by atoms with van der Waals surface area (Å²) in [5.74, 6) is 1.64. The summed E-state index contributed by atoms with van der Waals surface area (Å²) in [6, 6.07) is 15.6. The molecule has 0 radical (unpaired) electrons. The first-order chi connectivity index (χ1) is 14.7. The van der Waals surface area contributed by atoms with Crippen LogP contribution < -0.4 is 5.32 Å². The van der Waals surface area contributed by atoms with Crippen LogP contribution >= 0.6 is 11.8 Å². The zero-order valence-electron chi connectivity index (χ0n) is 17.2. The highest BCUT2D eigenvalue weighted by Gasteiger charge is 2.20. The summed E-state index contributed by atoms with van der Waals surface area (Å²) in [7, 11) is 1.69. The number of methoxy groups -OCH3 is 1. The lowest BCUT2D eigenvalue weighted by atomic mass is 10.1. The van der Waals surface area contributed by atoms with Crippen LogP contribution in [0.3, 0.4) is 0 Å². The SMILES string of the molecule is COCCn1ccc2c(C(=O)N[C@H](CCSC)c3nc4ccccc4[nH]3)cccc21. The Kier molecular flexibility index (Phi) is 6.40. The van der Waals surface area contributed by atoms with Gasteiger partial charge in [0.15, 0.2) is 0 Å². The van der Waals surface area contributed by atoms with Gasteiger partial charge >= 0.3 is 0 Å². The van der Waals surface area contributed by atoms with E-state index in [0.717, 1.165) is 46.5 Å². The number of carbonyl (C=O) groups is 1. The van der Waals surface area contributed by atoms with Gasteiger partial charge in [-0.05, 0) is 48.8 Å². The van der Waals surface area contributed by atoms with Gasteiger partial charge in [0.25, 0.3) is 5.91 Å². The molecule has 0 saturated carbocycles. The Hall–Kier alpha value is -2.77. The van der Waals surface area contributed by atoms with Gasteiger partial charge in [0.1, 0.15) is 5.82 Å². The Morgan fingerprint density at radius 1 is 1.23 bits per heavy atom. The smallest absolute Gasteiger partial charge is 0.252 e. The third-order valence-electron chi connectivity index (χ3n) is 5.25. The predicted molar refractivity (Wildman–Crippen MR) is 123 cm³/mol. The average Bonchev–Trinajstić information content (AvgIpc) is 3.38. The number of rotatable bonds is 9. The topological polar surface area (TPSA) is 71.9 Å². The number of para-hydroxylation sites is 2. The largest absolute Gasteiger partial charge is 0.383 e. The number of imidazole rings is 1. The van der Waals surface area contributed by atoms with E-state index in [1.165, 1.54) is 0 Å². The van der Waals surface area contributed by atoms with E-state index >= 15 is 0 Å². The quantitative estimate of drug-likeness (QED) is 0.420. The Morgan fingerprint density at radius 3 is 2.90 bits per heavy atom. The highest BCUT2D eigenvalue weighted by atomic mass is 32.2. The minimum absolute atomic E-state index is 0.0864. The molecule has 156 valence electrons. The number of amides is 1. The number of aromatic nitrogens is 3. The molecule has 7 heteroatoms. The molecule has 6 nitrogen and oxygen atoms in total. The first-order valence-electron chi connectivity index (χ1n) is 10.0. The second-order valence-corrected chi connectivity index (χ2v) is 8.17. The lowest BCUT2D eigenvalue weighted by Gasteiger charge is -2.17. The van der Waals surface area contributed by atoms with Gasteiger partial charge in [0.2, 0.25) is 0 Å². The van der Waals surface area contributed by atoms with Crippen LogP contribution in [0.25, 0.3) is 21.9 Å². The van der Waals surface area contributed by atoms with Gasteiger partial charge in [-0.3, -0.25) is 4.79 Å². The number of H-pyrrole nitrogens is 1. The van der Waals surface area contributed by atoms with Crippen LogP contribution in [0.2, 0.25) is 0 Å². The summed E-state index contributed by atoms with van der Waals surface area (Å²) in [6.07, 6.45) is 4.88. The maximum Gasteiger partial charge on any atom is 0.252 e. The van der Waals surface area contributed by atoms with E-state index in [1.807, 2.05) is 54.7 Å². The molecule has 4 rings (SSSR count). The van der Waals surface area contributed by atoms with Crippen molar-refractivity contribution in [2.45, 2.75) is 19.0 Å². The minimum atomic E-state index is -0.178. The Morgan fingerprint density at radius 2 is 2.10 bits per heavy atom. The molecule has 0 saturated heterocycles. The molecule has 0 aliphatic rings. The van der Waals surface area contributed by atoms with Crippen LogP contribution in [0.1, 0.15) is 28.6 Å². The first-order valence-corrected chi connectivity index (χ1v) is 11.4. The van der Waals surface area contributed by atoms with Crippen LogP contribution in [0.4, 0.5) is 0 Å². The molecule has 0 unspecified atom stereocenters. The zero-order chi connectivity index (χ0) is 20.9. The number of nitrogens with zero attached hydrogens (tertiary/aromatic N) is 2. The summed E-state index contributed by atoms with van der Waals surface area (Å²) >= 11 is 1.76. The fraction of sp³-hybridized carbons (Fsp3) is 0.304. The van der Waals surface area contributed by atoms with Crippen molar-refractivity contribution in [3.8, 4) is 0 Å². The Labute approximate surface area is 180 Å². The van der Waals surface area contributed by atoms with Gasteiger partial charge in [0, 0.05) is 36.3 Å². The lowest BCUT2D eigenvalue weighted by molar-refractivity contribution is 0.0936. The maximum absolute atomic E-state index is 13.3. The number of benzene rings is 2. The second-order valence-electron chi connectivity index (χ2n) is 7.19. The van der Waals surface area contributed by atoms with Crippen LogP contribution in [0, 0.1) is 0 Å². The summed E-state index contributed by atoms with van der Waals surface area (Å²) < 4.78 is 7.30. The van der Waals surface area contributed by atoms with E-state index in [1.54, 1.807) is 18.9 Å². The monoisotopic (exact) mass is 422 g/mol. The molecular formula is C23H26N4O2S. The van der Waals surface area contributed by atoms with Gasteiger partial charge < -0.3 is 19.6 Å². The van der Waals surface area contributed by atoms with E-state index in [4.69, 9.17) is 9.72 Å². The summed E-state index contributed by atoms with van der Waals surface area (Å²) in [4.78, 5) is 21.3. The molecule has 30 heavy (non-hydrogen) atoms. The number of hydrogen-bond donors (Lipinski definition) is 2. The van der Waals surface area contributed by atoms with Crippen molar-refractivity contribution < 1.29 is 9.53 Å². The molecule has 0 bridgehead atoms. The molecule has 2 aromatic heterocycles. The fourth-order valence-corrected chi connectivity index (χ4v) is 4.16. The number of thioether (sulfide) groups is 1. The third-order valence-corrected chi connectivity index (χ3v) is 5.89. The molecule has 4 aromatic rings. The molecule has 0 fully saturated rings. The molecule has 1 atom stereocenters. The summed E-state index contributed by atoms with van der Waals surface area (Å²) in [5.41, 5.74) is 3.60. The number of aromatic amines is 1. The van der Waals surface area contributed by atoms with Crippen molar-refractivity contribution >= 4 is 39.6 Å². The second kappa shape index (κ2) is 9.36. The van der Waals surface area contributed by atoms with Crippen molar-refractivity contribution in [3.63, 3.8) is 0 Å². The minimum Gasteiger partial charge on any atom is -0.383 e. The Balaban J connectivity index is 1.61. The molecule has 2 aromatic carbocycles. The van der Waals surface area contributed by atoms with Gasteiger partial charge in [-0.15, -0.1) is 0 Å². The molecule has 2 heterocycles. The van der Waals surface area contributed by atoms with Crippen molar-refractivity contribution in [2.75, 3.05) is 25.7 Å². The van der Waals surface area contributed by atoms with Crippen molar-refractivity contribution in [1.29, 1.82) is 0 Å². The standard InChI is InChI=1S/C23H26N4O2S/c1-29-14-13-27-12-10-16-17(6-5-9-21(16)27)23(28)26-20(11-15-30-2)22-24-18-7-3-4-8-19(18)25-22/h3-10,12,20H,11,13-15H2,1-2H3,(H,24,25)(H,26,28)/t20-/m1/s1. The molecule has 0 spiro atoms. The molecule has 0 aliphatic carbocycles. The van der Waals surface area contributed by atoms with E-state index in [9.17, 15) is 4.79 Å². The lowest BCUT2D eigenvalue weighted by Crippen LogP contribution is -2.30. The van der Waals surface area contributed by atoms with E-state index in [2.05, 4.69) is 21.1 Å². The zero-order valence-corrected chi connectivity index (χ0v) is 18.0. The summed E-state index contributed by atoms with van der Waals surface area (Å²) in [6.45, 7) is 1.38. The Bertz CT molecular complexity index is 1120. The average molecular weight is 423 g/mol. The maximum atomic E-state index is 13.3. The van der Waals surface area contributed by atoms with E-state index < -0.39 is 0 Å². The van der Waals surface area contributed by atoms with Crippen molar-refractivity contribution in [1.82, 2.24) is 19.9 Å². The number of hydrogen-bond acceptors (Lipinski definition) is 4. The number of carbonyl (C=O) groups excluding carboxylic acids is 1. The molecule has 2 N–H and O–H groups in total. The number of nitrogens with one attached hydrogen (secondary N) is 2. The molecular weight excluding hydrogens is 396 g/mol. The first kappa shape index (κ1) is 20.5. The van der Waals surface area contributed by atoms with Crippen molar-refractivity contribution in [3.05, 3.63) is 66.1 Å². The van der Waals surface area contributed by atoms with E-state index in [0.29, 0.717) is 12.2 Å².